The Labute approximate surface area is 139 Å². The van der Waals surface area contributed by atoms with E-state index < -0.39 is 6.61 Å². The molecule has 124 valence electrons. The molecule has 0 saturated carbocycles. The highest BCUT2D eigenvalue weighted by molar-refractivity contribution is 7.18. The maximum atomic E-state index is 12.2. The highest BCUT2D eigenvalue weighted by Gasteiger charge is 2.10. The van der Waals surface area contributed by atoms with E-state index in [1.807, 2.05) is 0 Å². The second kappa shape index (κ2) is 6.90. The molecule has 0 spiro atoms. The highest BCUT2D eigenvalue weighted by atomic mass is 32.1. The smallest absolute Gasteiger partial charge is 0.387 e. The number of hydrogen-bond donors (Lipinski definition) is 2. The quantitative estimate of drug-likeness (QED) is 0.737. The molecule has 0 bridgehead atoms. The number of aliphatic hydroxyl groups excluding tert-OH is 1. The number of halogens is 2. The van der Waals surface area contributed by atoms with Crippen molar-refractivity contribution >= 4 is 33.1 Å². The normalized spacial score (nSPS) is 11.0. The lowest BCUT2D eigenvalue weighted by molar-refractivity contribution is -0.0498. The van der Waals surface area contributed by atoms with E-state index in [1.54, 1.807) is 18.2 Å². The van der Waals surface area contributed by atoms with Gasteiger partial charge in [0.15, 0.2) is 0 Å². The molecule has 0 saturated heterocycles. The molecule has 5 nitrogen and oxygen atoms in total. The van der Waals surface area contributed by atoms with Crippen LogP contribution in [-0.2, 0) is 6.61 Å². The molecule has 1 amide bonds. The predicted octanol–water partition coefficient (Wildman–Crippen LogP) is 3.64. The Morgan fingerprint density at radius 3 is 2.67 bits per heavy atom. The second-order valence-electron chi connectivity index (χ2n) is 4.81. The Balaban J connectivity index is 1.74. The summed E-state index contributed by atoms with van der Waals surface area (Å²) in [6, 6.07) is 10.7. The van der Waals surface area contributed by atoms with Gasteiger partial charge in [0.25, 0.3) is 5.91 Å². The lowest BCUT2D eigenvalue weighted by atomic mass is 10.2. The second-order valence-corrected chi connectivity index (χ2v) is 5.92. The van der Waals surface area contributed by atoms with Gasteiger partial charge in [-0.2, -0.15) is 8.78 Å². The molecular formula is C16H12F2N2O3S. The molecular weight excluding hydrogens is 338 g/mol. The molecule has 24 heavy (non-hydrogen) atoms. The third kappa shape index (κ3) is 3.66. The molecule has 0 aliphatic carbocycles. The first-order chi connectivity index (χ1) is 11.5. The molecule has 0 aliphatic heterocycles. The fraction of sp³-hybridized carbons (Fsp3) is 0.125. The molecule has 0 fully saturated rings. The summed E-state index contributed by atoms with van der Waals surface area (Å²) in [5.74, 6) is -0.391. The zero-order valence-electron chi connectivity index (χ0n) is 12.2. The van der Waals surface area contributed by atoms with Crippen molar-refractivity contribution in [1.29, 1.82) is 0 Å². The van der Waals surface area contributed by atoms with Crippen molar-refractivity contribution in [3.05, 3.63) is 53.0 Å². The van der Waals surface area contributed by atoms with Crippen molar-refractivity contribution < 1.29 is 23.4 Å². The lowest BCUT2D eigenvalue weighted by Gasteiger charge is -2.07. The summed E-state index contributed by atoms with van der Waals surface area (Å²) < 4.78 is 29.3. The predicted molar refractivity (Wildman–Crippen MR) is 86.6 cm³/mol. The van der Waals surface area contributed by atoms with E-state index in [1.165, 1.54) is 35.6 Å². The first kappa shape index (κ1) is 16.3. The van der Waals surface area contributed by atoms with Crippen molar-refractivity contribution in [3.8, 4) is 5.75 Å². The van der Waals surface area contributed by atoms with Gasteiger partial charge in [-0.05, 0) is 42.5 Å². The molecule has 3 rings (SSSR count). The first-order valence-electron chi connectivity index (χ1n) is 6.92. The number of amides is 1. The fourth-order valence-electron chi connectivity index (χ4n) is 2.11. The van der Waals surface area contributed by atoms with Crippen LogP contribution in [0, 0.1) is 0 Å². The summed E-state index contributed by atoms with van der Waals surface area (Å²) in [5, 5.41) is 12.4. The van der Waals surface area contributed by atoms with Crippen molar-refractivity contribution in [2.45, 2.75) is 13.2 Å². The topological polar surface area (TPSA) is 71.5 Å². The number of carbonyl (C=O) groups excluding carboxylic acids is 1. The summed E-state index contributed by atoms with van der Waals surface area (Å²) in [4.78, 5) is 16.4. The highest BCUT2D eigenvalue weighted by Crippen LogP contribution is 2.25. The molecule has 1 aromatic heterocycles. The van der Waals surface area contributed by atoms with Gasteiger partial charge in [-0.25, -0.2) is 4.98 Å². The standard InChI is InChI=1S/C16H12F2N2O3S/c17-16(18)23-11-4-1-9(2-5-11)15(22)19-10-3-6-13-12(7-10)20-14(8-21)24-13/h1-7,16,21H,8H2,(H,19,22). The van der Waals surface area contributed by atoms with Crippen LogP contribution in [0.4, 0.5) is 14.5 Å². The lowest BCUT2D eigenvalue weighted by Crippen LogP contribution is -2.11. The van der Waals surface area contributed by atoms with E-state index in [0.717, 1.165) is 4.70 Å². The van der Waals surface area contributed by atoms with Crippen LogP contribution in [0.3, 0.4) is 0 Å². The summed E-state index contributed by atoms with van der Waals surface area (Å²) >= 11 is 1.38. The number of nitrogens with zero attached hydrogens (tertiary/aromatic N) is 1. The van der Waals surface area contributed by atoms with E-state index in [2.05, 4.69) is 15.0 Å². The van der Waals surface area contributed by atoms with E-state index >= 15 is 0 Å². The zero-order chi connectivity index (χ0) is 17.1. The monoisotopic (exact) mass is 350 g/mol. The molecule has 0 radical (unpaired) electrons. The number of hydrogen-bond acceptors (Lipinski definition) is 5. The van der Waals surface area contributed by atoms with Gasteiger partial charge in [0.1, 0.15) is 10.8 Å². The van der Waals surface area contributed by atoms with E-state index in [4.69, 9.17) is 5.11 Å². The number of nitrogens with one attached hydrogen (secondary N) is 1. The van der Waals surface area contributed by atoms with Gasteiger partial charge in [0.05, 0.1) is 16.8 Å². The summed E-state index contributed by atoms with van der Waals surface area (Å²) in [7, 11) is 0. The number of alkyl halides is 2. The van der Waals surface area contributed by atoms with Gasteiger partial charge in [-0.1, -0.05) is 0 Å². The number of thiazole rings is 1. The maximum Gasteiger partial charge on any atom is 0.387 e. The molecule has 8 heteroatoms. The molecule has 2 aromatic carbocycles. The van der Waals surface area contributed by atoms with E-state index in [9.17, 15) is 13.6 Å². The average molecular weight is 350 g/mol. The third-order valence-corrected chi connectivity index (χ3v) is 4.19. The molecule has 0 aliphatic rings. The van der Waals surface area contributed by atoms with Crippen LogP contribution in [0.1, 0.15) is 15.4 Å². The number of ether oxygens (including phenoxy) is 1. The first-order valence-corrected chi connectivity index (χ1v) is 7.73. The van der Waals surface area contributed by atoms with Crippen LogP contribution in [0.25, 0.3) is 10.2 Å². The van der Waals surface area contributed by atoms with E-state index in [-0.39, 0.29) is 18.3 Å². The van der Waals surface area contributed by atoms with Crippen LogP contribution in [0.2, 0.25) is 0 Å². The molecule has 1 heterocycles. The summed E-state index contributed by atoms with van der Waals surface area (Å²) in [5.41, 5.74) is 1.55. The SMILES string of the molecule is O=C(Nc1ccc2sc(CO)nc2c1)c1ccc(OC(F)F)cc1. The molecule has 3 aromatic rings. The number of carbonyl (C=O) groups is 1. The van der Waals surface area contributed by atoms with Crippen molar-refractivity contribution in [3.63, 3.8) is 0 Å². The van der Waals surface area contributed by atoms with Gasteiger partial charge < -0.3 is 15.2 Å². The molecule has 0 atom stereocenters. The van der Waals surface area contributed by atoms with Gasteiger partial charge in [0, 0.05) is 11.3 Å². The maximum absolute atomic E-state index is 12.2. The van der Waals surface area contributed by atoms with Gasteiger partial charge in [0.2, 0.25) is 0 Å². The minimum Gasteiger partial charge on any atom is -0.435 e. The Hall–Kier alpha value is -2.58. The molecule has 0 unspecified atom stereocenters. The summed E-state index contributed by atoms with van der Waals surface area (Å²) in [6.45, 7) is -3.04. The zero-order valence-corrected chi connectivity index (χ0v) is 13.0. The third-order valence-electron chi connectivity index (χ3n) is 3.17. The van der Waals surface area contributed by atoms with Crippen LogP contribution >= 0.6 is 11.3 Å². The minimum atomic E-state index is -2.90. The Kier molecular flexibility index (Phi) is 4.68. The number of anilines is 1. The van der Waals surface area contributed by atoms with Gasteiger partial charge in [-0.3, -0.25) is 4.79 Å². The number of benzene rings is 2. The number of aliphatic hydroxyl groups is 1. The van der Waals surface area contributed by atoms with Gasteiger partial charge in [-0.15, -0.1) is 11.3 Å². The van der Waals surface area contributed by atoms with Crippen molar-refractivity contribution in [2.75, 3.05) is 5.32 Å². The van der Waals surface area contributed by atoms with Crippen molar-refractivity contribution in [2.24, 2.45) is 0 Å². The minimum absolute atomic E-state index is 0.0121. The van der Waals surface area contributed by atoms with Crippen LogP contribution < -0.4 is 10.1 Å². The fourth-order valence-corrected chi connectivity index (χ4v) is 2.92. The van der Waals surface area contributed by atoms with Crippen molar-refractivity contribution in [1.82, 2.24) is 4.98 Å². The number of aromatic nitrogens is 1. The van der Waals surface area contributed by atoms with Gasteiger partial charge >= 0.3 is 6.61 Å². The molecule has 2 N–H and O–H groups in total. The number of fused-ring (bicyclic) bond motifs is 1. The Morgan fingerprint density at radius 2 is 2.00 bits per heavy atom. The van der Waals surface area contributed by atoms with E-state index in [0.29, 0.717) is 21.8 Å². The largest absolute Gasteiger partial charge is 0.435 e. The Bertz CT molecular complexity index is 865. The average Bonchev–Trinajstić information content (AvgIpc) is 2.97. The summed E-state index contributed by atoms with van der Waals surface area (Å²) in [6.07, 6.45) is 0. The van der Waals surface area contributed by atoms with Crippen LogP contribution in [0.15, 0.2) is 42.5 Å². The Morgan fingerprint density at radius 1 is 1.25 bits per heavy atom. The number of rotatable bonds is 5. The van der Waals surface area contributed by atoms with Crippen LogP contribution in [-0.4, -0.2) is 22.6 Å². The van der Waals surface area contributed by atoms with Crippen LogP contribution in [0.5, 0.6) is 5.75 Å².